The topological polar surface area (TPSA) is 68.3 Å². The quantitative estimate of drug-likeness (QED) is 0.661. The number of hydrogen-bond donors (Lipinski definition) is 1. The molecule has 0 amide bonds. The zero-order valence-electron chi connectivity index (χ0n) is 14.0. The second-order valence-corrected chi connectivity index (χ2v) is 7.63. The summed E-state index contributed by atoms with van der Waals surface area (Å²) in [5.41, 5.74) is 2.58. The maximum atomic E-state index is 12.2. The number of nitrogens with one attached hydrogen (secondary N) is 1. The SMILES string of the molecule is Cc1cccc(CS(=O)(=O)NCCOc2cccc3cccnc23)c1. The van der Waals surface area contributed by atoms with Crippen LogP contribution in [0, 0.1) is 6.92 Å². The van der Waals surface area contributed by atoms with Gasteiger partial charge < -0.3 is 4.74 Å². The van der Waals surface area contributed by atoms with Crippen LogP contribution in [-0.4, -0.2) is 26.6 Å². The van der Waals surface area contributed by atoms with Gasteiger partial charge in [0.1, 0.15) is 17.9 Å². The number of para-hydroxylation sites is 1. The molecular weight excluding hydrogens is 336 g/mol. The van der Waals surface area contributed by atoms with Gasteiger partial charge in [0.05, 0.1) is 5.75 Å². The van der Waals surface area contributed by atoms with E-state index < -0.39 is 10.0 Å². The van der Waals surface area contributed by atoms with Crippen LogP contribution in [0.2, 0.25) is 0 Å². The second kappa shape index (κ2) is 7.63. The van der Waals surface area contributed by atoms with Crippen LogP contribution in [0.4, 0.5) is 0 Å². The molecule has 0 spiro atoms. The molecule has 3 aromatic rings. The molecule has 6 heteroatoms. The number of sulfonamides is 1. The Morgan fingerprint density at radius 2 is 1.88 bits per heavy atom. The molecule has 0 saturated heterocycles. The first-order valence-electron chi connectivity index (χ1n) is 8.03. The molecule has 0 aliphatic heterocycles. The van der Waals surface area contributed by atoms with Gasteiger partial charge in [0.2, 0.25) is 10.0 Å². The number of aromatic nitrogens is 1. The van der Waals surface area contributed by atoms with Crippen molar-refractivity contribution in [2.75, 3.05) is 13.2 Å². The predicted molar refractivity (Wildman–Crippen MR) is 99.0 cm³/mol. The fourth-order valence-corrected chi connectivity index (χ4v) is 3.74. The van der Waals surface area contributed by atoms with Crippen molar-refractivity contribution in [3.05, 3.63) is 71.9 Å². The summed E-state index contributed by atoms with van der Waals surface area (Å²) in [5.74, 6) is 0.612. The monoisotopic (exact) mass is 356 g/mol. The van der Waals surface area contributed by atoms with Crippen molar-refractivity contribution in [1.29, 1.82) is 0 Å². The molecule has 3 rings (SSSR count). The molecule has 0 atom stereocenters. The zero-order chi connectivity index (χ0) is 17.7. The summed E-state index contributed by atoms with van der Waals surface area (Å²) in [6.45, 7) is 2.38. The number of rotatable bonds is 7. The molecule has 1 aromatic heterocycles. The molecule has 0 bridgehead atoms. The number of aryl methyl sites for hydroxylation is 1. The van der Waals surface area contributed by atoms with E-state index in [1.807, 2.05) is 61.5 Å². The van der Waals surface area contributed by atoms with Gasteiger partial charge in [-0.3, -0.25) is 4.98 Å². The van der Waals surface area contributed by atoms with Crippen molar-refractivity contribution in [2.24, 2.45) is 0 Å². The molecule has 0 radical (unpaired) electrons. The van der Waals surface area contributed by atoms with E-state index in [1.165, 1.54) is 0 Å². The third kappa shape index (κ3) is 4.78. The number of ether oxygens (including phenoxy) is 1. The molecule has 0 aliphatic carbocycles. The minimum Gasteiger partial charge on any atom is -0.490 e. The highest BCUT2D eigenvalue weighted by Crippen LogP contribution is 2.22. The number of fused-ring (bicyclic) bond motifs is 1. The van der Waals surface area contributed by atoms with E-state index >= 15 is 0 Å². The molecule has 0 unspecified atom stereocenters. The lowest BCUT2D eigenvalue weighted by Gasteiger charge is -2.10. The Kier molecular flexibility index (Phi) is 5.31. The third-order valence-electron chi connectivity index (χ3n) is 3.72. The van der Waals surface area contributed by atoms with Crippen LogP contribution >= 0.6 is 0 Å². The molecule has 0 saturated carbocycles. The molecule has 1 heterocycles. The van der Waals surface area contributed by atoms with E-state index in [9.17, 15) is 8.42 Å². The number of benzene rings is 2. The molecule has 5 nitrogen and oxygen atoms in total. The predicted octanol–water partition coefficient (Wildman–Crippen LogP) is 3.04. The van der Waals surface area contributed by atoms with E-state index in [4.69, 9.17) is 4.74 Å². The Morgan fingerprint density at radius 3 is 2.72 bits per heavy atom. The number of nitrogens with zero attached hydrogens (tertiary/aromatic N) is 1. The maximum Gasteiger partial charge on any atom is 0.215 e. The van der Waals surface area contributed by atoms with Gasteiger partial charge >= 0.3 is 0 Å². The Hall–Kier alpha value is -2.44. The first-order chi connectivity index (χ1) is 12.0. The standard InChI is InChI=1S/C19H20N2O3S/c1-15-5-2-6-16(13-15)14-25(22,23)21-11-12-24-18-9-3-7-17-8-4-10-20-19(17)18/h2-10,13,21H,11-12,14H2,1H3. The number of hydrogen-bond acceptors (Lipinski definition) is 4. The van der Waals surface area contributed by atoms with Crippen molar-refractivity contribution >= 4 is 20.9 Å². The largest absolute Gasteiger partial charge is 0.490 e. The van der Waals surface area contributed by atoms with E-state index in [0.717, 1.165) is 22.0 Å². The minimum atomic E-state index is -3.39. The zero-order valence-corrected chi connectivity index (χ0v) is 14.8. The Balaban J connectivity index is 1.55. The number of pyridine rings is 1. The molecule has 1 N–H and O–H groups in total. The molecular formula is C19H20N2O3S. The fourth-order valence-electron chi connectivity index (χ4n) is 2.62. The molecule has 0 fully saturated rings. The first kappa shape index (κ1) is 17.4. The van der Waals surface area contributed by atoms with Crippen LogP contribution in [0.25, 0.3) is 10.9 Å². The summed E-state index contributed by atoms with van der Waals surface area (Å²) < 4.78 is 32.6. The summed E-state index contributed by atoms with van der Waals surface area (Å²) in [6.07, 6.45) is 1.71. The molecule has 2 aromatic carbocycles. The summed E-state index contributed by atoms with van der Waals surface area (Å²) >= 11 is 0. The van der Waals surface area contributed by atoms with Gasteiger partial charge in [-0.15, -0.1) is 0 Å². The summed E-state index contributed by atoms with van der Waals surface area (Å²) in [6, 6.07) is 17.0. The van der Waals surface area contributed by atoms with Gasteiger partial charge in [0.15, 0.2) is 0 Å². The second-order valence-electron chi connectivity index (χ2n) is 5.82. The highest BCUT2D eigenvalue weighted by Gasteiger charge is 2.11. The van der Waals surface area contributed by atoms with Gasteiger partial charge in [-0.05, 0) is 24.6 Å². The fraction of sp³-hybridized carbons (Fsp3) is 0.211. The molecule has 0 aliphatic rings. The van der Waals surface area contributed by atoms with Gasteiger partial charge in [-0.1, -0.05) is 48.0 Å². The van der Waals surface area contributed by atoms with Gasteiger partial charge in [0.25, 0.3) is 0 Å². The minimum absolute atomic E-state index is 0.0372. The van der Waals surface area contributed by atoms with Gasteiger partial charge in [-0.2, -0.15) is 0 Å². The van der Waals surface area contributed by atoms with Crippen LogP contribution in [-0.2, 0) is 15.8 Å². The van der Waals surface area contributed by atoms with Crippen molar-refractivity contribution in [2.45, 2.75) is 12.7 Å². The average Bonchev–Trinajstić information content (AvgIpc) is 2.58. The maximum absolute atomic E-state index is 12.2. The lowest BCUT2D eigenvalue weighted by Crippen LogP contribution is -2.29. The van der Waals surface area contributed by atoms with Crippen LogP contribution in [0.15, 0.2) is 60.8 Å². The molecule has 130 valence electrons. The molecule has 25 heavy (non-hydrogen) atoms. The van der Waals surface area contributed by atoms with E-state index in [1.54, 1.807) is 6.20 Å². The Bertz CT molecular complexity index is 966. The van der Waals surface area contributed by atoms with Crippen molar-refractivity contribution in [3.63, 3.8) is 0 Å². The lowest BCUT2D eigenvalue weighted by atomic mass is 10.2. The third-order valence-corrected chi connectivity index (χ3v) is 5.07. The van der Waals surface area contributed by atoms with E-state index in [-0.39, 0.29) is 18.9 Å². The van der Waals surface area contributed by atoms with Crippen molar-refractivity contribution in [1.82, 2.24) is 9.71 Å². The summed E-state index contributed by atoms with van der Waals surface area (Å²) in [4.78, 5) is 4.31. The summed E-state index contributed by atoms with van der Waals surface area (Å²) in [7, 11) is -3.39. The van der Waals surface area contributed by atoms with Crippen molar-refractivity contribution in [3.8, 4) is 5.75 Å². The Morgan fingerprint density at radius 1 is 1.08 bits per heavy atom. The summed E-state index contributed by atoms with van der Waals surface area (Å²) in [5, 5.41) is 0.986. The van der Waals surface area contributed by atoms with Crippen LogP contribution in [0.5, 0.6) is 5.75 Å². The van der Waals surface area contributed by atoms with E-state index in [2.05, 4.69) is 9.71 Å². The highest BCUT2D eigenvalue weighted by atomic mass is 32.2. The van der Waals surface area contributed by atoms with Crippen molar-refractivity contribution < 1.29 is 13.2 Å². The highest BCUT2D eigenvalue weighted by molar-refractivity contribution is 7.88. The average molecular weight is 356 g/mol. The Labute approximate surface area is 147 Å². The van der Waals surface area contributed by atoms with Gasteiger partial charge in [-0.25, -0.2) is 13.1 Å². The first-order valence-corrected chi connectivity index (χ1v) is 9.68. The van der Waals surface area contributed by atoms with Crippen LogP contribution in [0.3, 0.4) is 0 Å². The lowest BCUT2D eigenvalue weighted by molar-refractivity contribution is 0.326. The van der Waals surface area contributed by atoms with Crippen LogP contribution < -0.4 is 9.46 Å². The van der Waals surface area contributed by atoms with Gasteiger partial charge in [0, 0.05) is 18.1 Å². The van der Waals surface area contributed by atoms with Crippen LogP contribution in [0.1, 0.15) is 11.1 Å². The smallest absolute Gasteiger partial charge is 0.215 e. The van der Waals surface area contributed by atoms with E-state index in [0.29, 0.717) is 5.75 Å². The normalized spacial score (nSPS) is 11.6.